The maximum atomic E-state index is 4.60. The van der Waals surface area contributed by atoms with E-state index in [-0.39, 0.29) is 0 Å². The monoisotopic (exact) mass is 287 g/mol. The molecule has 0 aromatic carbocycles. The average molecular weight is 287 g/mol. The molecule has 0 bridgehead atoms. The SMILES string of the molecule is C=CC(C)c1nnn(C2CCCCC2)c1C1CCCCC1. The lowest BCUT2D eigenvalue weighted by atomic mass is 9.84. The second-order valence-electron chi connectivity index (χ2n) is 6.96. The Morgan fingerprint density at radius 1 is 1.05 bits per heavy atom. The number of hydrogen-bond acceptors (Lipinski definition) is 2. The van der Waals surface area contributed by atoms with Crippen LogP contribution >= 0.6 is 0 Å². The van der Waals surface area contributed by atoms with Crippen molar-refractivity contribution in [2.24, 2.45) is 0 Å². The highest BCUT2D eigenvalue weighted by Gasteiger charge is 2.29. The minimum absolute atomic E-state index is 0.319. The van der Waals surface area contributed by atoms with E-state index in [2.05, 4.69) is 28.5 Å². The molecule has 2 saturated carbocycles. The van der Waals surface area contributed by atoms with Gasteiger partial charge in [-0.25, -0.2) is 4.68 Å². The van der Waals surface area contributed by atoms with E-state index < -0.39 is 0 Å². The second-order valence-corrected chi connectivity index (χ2v) is 6.96. The molecule has 21 heavy (non-hydrogen) atoms. The van der Waals surface area contributed by atoms with Crippen LogP contribution in [0, 0.1) is 0 Å². The molecule has 3 rings (SSSR count). The number of hydrogen-bond donors (Lipinski definition) is 0. The van der Waals surface area contributed by atoms with Gasteiger partial charge >= 0.3 is 0 Å². The highest BCUT2D eigenvalue weighted by Crippen LogP contribution is 2.39. The third-order valence-corrected chi connectivity index (χ3v) is 5.46. The Kier molecular flexibility index (Phi) is 4.77. The van der Waals surface area contributed by atoms with Crippen LogP contribution in [0.25, 0.3) is 0 Å². The van der Waals surface area contributed by atoms with E-state index in [0.717, 1.165) is 0 Å². The number of allylic oxidation sites excluding steroid dienone is 1. The fourth-order valence-electron chi connectivity index (χ4n) is 4.12. The summed E-state index contributed by atoms with van der Waals surface area (Å²) in [6, 6.07) is 0.592. The number of aromatic nitrogens is 3. The van der Waals surface area contributed by atoms with E-state index in [1.165, 1.54) is 75.6 Å². The second kappa shape index (κ2) is 6.76. The largest absolute Gasteiger partial charge is 0.246 e. The summed E-state index contributed by atoms with van der Waals surface area (Å²) in [7, 11) is 0. The molecule has 2 fully saturated rings. The van der Waals surface area contributed by atoms with Crippen molar-refractivity contribution in [1.29, 1.82) is 0 Å². The Bertz CT molecular complexity index is 465. The Balaban J connectivity index is 1.94. The smallest absolute Gasteiger partial charge is 0.0927 e. The highest BCUT2D eigenvalue weighted by molar-refractivity contribution is 5.23. The quantitative estimate of drug-likeness (QED) is 0.719. The molecule has 0 aliphatic heterocycles. The molecule has 3 heteroatoms. The van der Waals surface area contributed by atoms with E-state index >= 15 is 0 Å². The van der Waals surface area contributed by atoms with Crippen molar-refractivity contribution >= 4 is 0 Å². The summed E-state index contributed by atoms with van der Waals surface area (Å²) in [4.78, 5) is 0. The molecule has 2 aliphatic carbocycles. The van der Waals surface area contributed by atoms with Crippen molar-refractivity contribution < 1.29 is 0 Å². The predicted molar refractivity (Wildman–Crippen MR) is 86.6 cm³/mol. The first-order valence-corrected chi connectivity index (χ1v) is 8.88. The molecule has 0 saturated heterocycles. The van der Waals surface area contributed by atoms with Gasteiger partial charge in [0.05, 0.1) is 17.4 Å². The third-order valence-electron chi connectivity index (χ3n) is 5.46. The summed E-state index contributed by atoms with van der Waals surface area (Å²) in [5.74, 6) is 0.993. The van der Waals surface area contributed by atoms with Gasteiger partial charge in [0.2, 0.25) is 0 Å². The average Bonchev–Trinajstić information content (AvgIpc) is 3.00. The minimum atomic E-state index is 0.319. The van der Waals surface area contributed by atoms with Crippen LogP contribution in [0.5, 0.6) is 0 Å². The zero-order chi connectivity index (χ0) is 14.7. The molecule has 2 aliphatic rings. The molecule has 116 valence electrons. The number of nitrogens with zero attached hydrogens (tertiary/aromatic N) is 3. The van der Waals surface area contributed by atoms with Crippen LogP contribution in [-0.2, 0) is 0 Å². The highest BCUT2D eigenvalue weighted by atomic mass is 15.4. The van der Waals surface area contributed by atoms with Gasteiger partial charge in [0.1, 0.15) is 0 Å². The van der Waals surface area contributed by atoms with Crippen LogP contribution in [0.1, 0.15) is 100 Å². The molecule has 1 unspecified atom stereocenters. The molecule has 1 aromatic heterocycles. The summed E-state index contributed by atoms with van der Waals surface area (Å²) < 4.78 is 2.32. The van der Waals surface area contributed by atoms with E-state index in [4.69, 9.17) is 0 Å². The van der Waals surface area contributed by atoms with Crippen LogP contribution in [0.3, 0.4) is 0 Å². The van der Waals surface area contributed by atoms with Crippen LogP contribution in [0.2, 0.25) is 0 Å². The maximum Gasteiger partial charge on any atom is 0.0927 e. The Hall–Kier alpha value is -1.12. The first-order valence-electron chi connectivity index (χ1n) is 8.88. The molecular weight excluding hydrogens is 258 g/mol. The summed E-state index contributed by atoms with van der Waals surface area (Å²) in [5.41, 5.74) is 2.65. The maximum absolute atomic E-state index is 4.60. The molecule has 1 aromatic rings. The fraction of sp³-hybridized carbons (Fsp3) is 0.778. The number of rotatable bonds is 4. The van der Waals surface area contributed by atoms with E-state index in [9.17, 15) is 0 Å². The van der Waals surface area contributed by atoms with Crippen molar-refractivity contribution in [3.8, 4) is 0 Å². The lowest BCUT2D eigenvalue weighted by Gasteiger charge is -2.28. The van der Waals surface area contributed by atoms with Gasteiger partial charge in [-0.05, 0) is 25.7 Å². The standard InChI is InChI=1S/C18H29N3/c1-3-14(2)17-18(15-10-6-4-7-11-15)21(20-19-17)16-12-8-5-9-13-16/h3,14-16H,1,4-13H2,2H3. The molecule has 3 nitrogen and oxygen atoms in total. The molecule has 0 spiro atoms. The Morgan fingerprint density at radius 3 is 2.29 bits per heavy atom. The van der Waals surface area contributed by atoms with Gasteiger partial charge in [-0.2, -0.15) is 0 Å². The fourth-order valence-corrected chi connectivity index (χ4v) is 4.12. The van der Waals surface area contributed by atoms with Crippen LogP contribution in [0.4, 0.5) is 0 Å². The molecule has 1 atom stereocenters. The Labute approximate surface area is 128 Å². The van der Waals surface area contributed by atoms with E-state index in [1.807, 2.05) is 6.08 Å². The molecule has 0 amide bonds. The zero-order valence-electron chi connectivity index (χ0n) is 13.4. The van der Waals surface area contributed by atoms with Crippen molar-refractivity contribution in [1.82, 2.24) is 15.0 Å². The first-order chi connectivity index (χ1) is 10.3. The van der Waals surface area contributed by atoms with E-state index in [0.29, 0.717) is 17.9 Å². The lowest BCUT2D eigenvalue weighted by molar-refractivity contribution is 0.303. The van der Waals surface area contributed by atoms with Gasteiger partial charge in [0, 0.05) is 11.8 Å². The van der Waals surface area contributed by atoms with Crippen LogP contribution in [-0.4, -0.2) is 15.0 Å². The lowest BCUT2D eigenvalue weighted by Crippen LogP contribution is -2.20. The van der Waals surface area contributed by atoms with Crippen molar-refractivity contribution in [3.63, 3.8) is 0 Å². The molecular formula is C18H29N3. The first kappa shape index (κ1) is 14.8. The van der Waals surface area contributed by atoms with Gasteiger partial charge in [-0.3, -0.25) is 0 Å². The van der Waals surface area contributed by atoms with E-state index in [1.54, 1.807) is 0 Å². The minimum Gasteiger partial charge on any atom is -0.246 e. The summed E-state index contributed by atoms with van der Waals surface area (Å²) in [5, 5.41) is 9.18. The normalized spacial score (nSPS) is 23.1. The molecule has 1 heterocycles. The zero-order valence-corrected chi connectivity index (χ0v) is 13.4. The van der Waals surface area contributed by atoms with Crippen molar-refractivity contribution in [3.05, 3.63) is 24.0 Å². The van der Waals surface area contributed by atoms with Gasteiger partial charge in [-0.15, -0.1) is 11.7 Å². The Morgan fingerprint density at radius 2 is 1.67 bits per heavy atom. The third kappa shape index (κ3) is 3.07. The summed E-state index contributed by atoms with van der Waals surface area (Å²) in [6.45, 7) is 6.17. The summed E-state index contributed by atoms with van der Waals surface area (Å²) in [6.07, 6.45) is 15.4. The van der Waals surface area contributed by atoms with Crippen molar-refractivity contribution in [2.75, 3.05) is 0 Å². The molecule has 0 N–H and O–H groups in total. The van der Waals surface area contributed by atoms with Gasteiger partial charge in [0.25, 0.3) is 0 Å². The predicted octanol–water partition coefficient (Wildman–Crippen LogP) is 5.12. The van der Waals surface area contributed by atoms with Crippen LogP contribution in [0.15, 0.2) is 12.7 Å². The van der Waals surface area contributed by atoms with Crippen molar-refractivity contribution in [2.45, 2.75) is 89.0 Å². The van der Waals surface area contributed by atoms with Gasteiger partial charge in [-0.1, -0.05) is 56.7 Å². The van der Waals surface area contributed by atoms with Gasteiger partial charge in [0.15, 0.2) is 0 Å². The topological polar surface area (TPSA) is 30.7 Å². The summed E-state index contributed by atoms with van der Waals surface area (Å²) >= 11 is 0. The van der Waals surface area contributed by atoms with Gasteiger partial charge < -0.3 is 0 Å². The van der Waals surface area contributed by atoms with Crippen LogP contribution < -0.4 is 0 Å². The molecule has 0 radical (unpaired) electrons.